The van der Waals surface area contributed by atoms with Gasteiger partial charge >= 0.3 is 0 Å². The number of para-hydroxylation sites is 1. The topological polar surface area (TPSA) is 112 Å². The van der Waals surface area contributed by atoms with E-state index in [-0.39, 0.29) is 32.4 Å². The molecule has 1 aromatic heterocycles. The van der Waals surface area contributed by atoms with E-state index in [1.807, 2.05) is 129 Å². The van der Waals surface area contributed by atoms with Crippen molar-refractivity contribution < 1.29 is 9.82 Å². The minimum atomic E-state index is -0.201. The smallest absolute Gasteiger partial charge is 0.266 e. The van der Waals surface area contributed by atoms with Crippen molar-refractivity contribution in [1.82, 2.24) is 10.3 Å². The van der Waals surface area contributed by atoms with Crippen LogP contribution in [-0.2, 0) is 6.42 Å². The van der Waals surface area contributed by atoms with Gasteiger partial charge in [-0.3, -0.25) is 4.79 Å². The average Bonchev–Trinajstić information content (AvgIpc) is 3.02. The molecule has 0 unspecified atom stereocenters. The van der Waals surface area contributed by atoms with Crippen LogP contribution >= 0.6 is 0 Å². The molecule has 4 N–H and O–H groups in total. The van der Waals surface area contributed by atoms with Crippen molar-refractivity contribution in [3.63, 3.8) is 0 Å². The van der Waals surface area contributed by atoms with E-state index in [1.165, 1.54) is 5.56 Å². The molecule has 1 heterocycles. The Morgan fingerprint density at radius 1 is 0.927 bits per heavy atom. The van der Waals surface area contributed by atoms with Gasteiger partial charge in [0.1, 0.15) is 0 Å². The zero-order valence-electron chi connectivity index (χ0n) is 24.2. The number of nitrogens with two attached hydrogens (primary N) is 1. The molecule has 5 rings (SSSR count). The van der Waals surface area contributed by atoms with Gasteiger partial charge < -0.3 is 16.1 Å². The van der Waals surface area contributed by atoms with Gasteiger partial charge in [0, 0.05) is 23.9 Å². The van der Waals surface area contributed by atoms with E-state index in [4.69, 9.17) is 17.1 Å². The summed E-state index contributed by atoms with van der Waals surface area (Å²) in [5, 5.41) is 20.5. The third kappa shape index (κ3) is 8.12. The Kier molecular flexibility index (Phi) is 11.2. The number of nitrogens with zero attached hydrogens (tertiary/aromatic N) is 2. The van der Waals surface area contributed by atoms with Crippen LogP contribution in [0.15, 0.2) is 115 Å². The first-order chi connectivity index (χ1) is 20.4. The molecule has 2 atom stereocenters. The maximum Gasteiger partial charge on any atom is 0.266 e. The Morgan fingerprint density at radius 3 is 1.98 bits per heavy atom. The molecule has 0 aliphatic heterocycles. The van der Waals surface area contributed by atoms with E-state index in [2.05, 4.69) is 11.4 Å². The second-order valence-corrected chi connectivity index (χ2v) is 9.34. The lowest BCUT2D eigenvalue weighted by Crippen LogP contribution is -2.28. The summed E-state index contributed by atoms with van der Waals surface area (Å²) in [6.45, 7) is 3.94. The van der Waals surface area contributed by atoms with Crippen LogP contribution in [0.5, 0.6) is 0 Å². The number of hydrogen-bond donors (Lipinski definition) is 3. The first kappa shape index (κ1) is 29.2. The van der Waals surface area contributed by atoms with E-state index in [0.717, 1.165) is 22.0 Å². The van der Waals surface area contributed by atoms with Crippen molar-refractivity contribution in [1.29, 1.82) is 6.60 Å². The molecular weight excluding hydrogens is 507 g/mol. The zero-order valence-corrected chi connectivity index (χ0v) is 23.2. The van der Waals surface area contributed by atoms with Gasteiger partial charge in [0.25, 0.3) is 13.9 Å². The summed E-state index contributed by atoms with van der Waals surface area (Å²) in [5.41, 5.74) is 11.3. The molecular formula is C34H34BN4O2. The summed E-state index contributed by atoms with van der Waals surface area (Å²) >= 11 is 0. The summed E-state index contributed by atoms with van der Waals surface area (Å²) < 4.78 is 5.64. The molecule has 41 heavy (non-hydrogen) atoms. The highest BCUT2D eigenvalue weighted by Gasteiger charge is 2.22. The highest BCUT2D eigenvalue weighted by atomic mass is 16.2. The summed E-state index contributed by atoms with van der Waals surface area (Å²) in [6, 6.07) is 39.4. The van der Waals surface area contributed by atoms with Crippen molar-refractivity contribution >= 4 is 24.8 Å². The first-order valence-corrected chi connectivity index (χ1v) is 13.3. The molecule has 0 spiro atoms. The molecule has 6 nitrogen and oxygen atoms in total. The molecule has 1 amide bonds. The van der Waals surface area contributed by atoms with Crippen LogP contribution < -0.4 is 11.1 Å². The van der Waals surface area contributed by atoms with Crippen LogP contribution in [0.4, 0.5) is 0 Å². The molecule has 0 aliphatic rings. The van der Waals surface area contributed by atoms with Crippen LogP contribution in [0, 0.1) is 11.3 Å². The van der Waals surface area contributed by atoms with Gasteiger partial charge in [0.15, 0.2) is 0 Å². The number of nitrogens with one attached hydrogen (secondary N) is 1. The standard InChI is InChI=1S/C26H21N3O.C8H11N.BH2O/c1-18(19-10-4-2-5-11-19)28-26(30)24-21-14-8-9-15-23(21)29-25(22(24)16-17-27)20-12-6-3-7-13-20;1-7(9)8-5-3-2-4-6-8;1-2/h2-15,18H,16H2,1H3,(H,28,30);2-7H,9H2,1H3;1-2H/t18-;7-;/m00./s1/i;;1T. The number of nitriles is 1. The predicted molar refractivity (Wildman–Crippen MR) is 167 cm³/mol. The maximum atomic E-state index is 13.5. The monoisotopic (exact) mass is 543 g/mol. The minimum Gasteiger partial charge on any atom is -0.459 e. The highest BCUT2D eigenvalue weighted by Crippen LogP contribution is 2.31. The molecule has 7 heteroatoms. The number of carbonyl (C=O) groups excluding carboxylic acids is 1. The van der Waals surface area contributed by atoms with Gasteiger partial charge in [0.05, 0.1) is 35.3 Å². The summed E-state index contributed by atoms with van der Waals surface area (Å²) in [7, 11) is 0.250. The van der Waals surface area contributed by atoms with Crippen LogP contribution in [-0.4, -0.2) is 25.3 Å². The minimum absolute atomic E-state index is 0.102. The Balaban J connectivity index is 0.000000338. The number of carbonyl (C=O) groups is 1. The van der Waals surface area contributed by atoms with E-state index in [0.29, 0.717) is 16.8 Å². The van der Waals surface area contributed by atoms with E-state index in [9.17, 15) is 10.1 Å². The lowest BCUT2D eigenvalue weighted by atomic mass is 9.94. The Labute approximate surface area is 244 Å². The summed E-state index contributed by atoms with van der Waals surface area (Å²) in [6.07, 6.45) is 0.102. The number of benzene rings is 4. The fraction of sp³-hybridized carbons (Fsp3) is 0.147. The zero-order chi connectivity index (χ0) is 30.3. The SMILES string of the molecule is C[C@H](N)c1ccccc1.C[C@H](NC(=O)c1c(CC#N)c(-c2ccccc2)nc2ccccc12)c1ccccc1.[3H][B]O. The number of pyridine rings is 1. The van der Waals surface area contributed by atoms with Crippen molar-refractivity contribution in [3.8, 4) is 17.3 Å². The van der Waals surface area contributed by atoms with E-state index < -0.39 is 0 Å². The van der Waals surface area contributed by atoms with E-state index in [1.54, 1.807) is 0 Å². The third-order valence-corrected chi connectivity index (χ3v) is 6.50. The lowest BCUT2D eigenvalue weighted by molar-refractivity contribution is 0.0940. The van der Waals surface area contributed by atoms with E-state index >= 15 is 0 Å². The molecule has 1 radical (unpaired) electrons. The third-order valence-electron chi connectivity index (χ3n) is 6.50. The Bertz CT molecular complexity index is 1590. The highest BCUT2D eigenvalue weighted by molar-refractivity contribution is 6.09. The second kappa shape index (κ2) is 15.7. The second-order valence-electron chi connectivity index (χ2n) is 9.34. The molecule has 4 aromatic carbocycles. The van der Waals surface area contributed by atoms with Gasteiger partial charge in [-0.05, 0) is 31.0 Å². The van der Waals surface area contributed by atoms with Crippen molar-refractivity contribution in [3.05, 3.63) is 138 Å². The number of aromatic nitrogens is 1. The van der Waals surface area contributed by atoms with Crippen LogP contribution in [0.3, 0.4) is 0 Å². The maximum absolute atomic E-state index is 13.5. The largest absolute Gasteiger partial charge is 0.459 e. The van der Waals surface area contributed by atoms with Crippen LogP contribution in [0.25, 0.3) is 22.2 Å². The molecule has 0 fully saturated rings. The van der Waals surface area contributed by atoms with Crippen LogP contribution in [0.1, 0.15) is 53.0 Å². The molecule has 205 valence electrons. The molecule has 0 saturated heterocycles. The quantitative estimate of drug-likeness (QED) is 0.229. The summed E-state index contributed by atoms with van der Waals surface area (Å²) in [4.78, 5) is 18.3. The summed E-state index contributed by atoms with van der Waals surface area (Å²) in [5.74, 6) is -0.201. The fourth-order valence-electron chi connectivity index (χ4n) is 4.45. The number of rotatable bonds is 6. The van der Waals surface area contributed by atoms with Gasteiger partial charge in [-0.25, -0.2) is 4.98 Å². The van der Waals surface area contributed by atoms with Crippen LogP contribution in [0.2, 0.25) is 0 Å². The Hall–Kier alpha value is -4.77. The van der Waals surface area contributed by atoms with Gasteiger partial charge in [0.2, 0.25) is 0 Å². The lowest BCUT2D eigenvalue weighted by Gasteiger charge is -2.19. The van der Waals surface area contributed by atoms with Gasteiger partial charge in [-0.15, -0.1) is 0 Å². The van der Waals surface area contributed by atoms with Crippen molar-refractivity contribution in [2.24, 2.45) is 5.73 Å². The molecule has 0 saturated carbocycles. The average molecular weight is 543 g/mol. The number of amides is 1. The Morgan fingerprint density at radius 2 is 1.44 bits per heavy atom. The van der Waals surface area contributed by atoms with Crippen molar-refractivity contribution in [2.45, 2.75) is 32.4 Å². The predicted octanol–water partition coefficient (Wildman–Crippen LogP) is 5.96. The molecule has 5 aromatic rings. The first-order valence-electron chi connectivity index (χ1n) is 13.8. The molecule has 0 bridgehead atoms. The number of hydrogen-bond acceptors (Lipinski definition) is 5. The number of fused-ring (bicyclic) bond motifs is 1. The molecule has 0 aliphatic carbocycles. The fourth-order valence-corrected chi connectivity index (χ4v) is 4.45. The normalized spacial score (nSPS) is 11.7. The van der Waals surface area contributed by atoms with Crippen molar-refractivity contribution in [2.75, 3.05) is 0 Å². The van der Waals surface area contributed by atoms with Gasteiger partial charge in [-0.2, -0.15) is 5.26 Å². The van der Waals surface area contributed by atoms with Gasteiger partial charge in [-0.1, -0.05) is 109 Å².